The third kappa shape index (κ3) is 1.81. The molecule has 3 rings (SSSR count). The van der Waals surface area contributed by atoms with Gasteiger partial charge in [-0.25, -0.2) is 4.39 Å². The number of carbonyl (C=O) groups is 1. The Kier molecular flexibility index (Phi) is 2.63. The fourth-order valence-corrected chi connectivity index (χ4v) is 2.26. The Morgan fingerprint density at radius 1 is 1.21 bits per heavy atom. The molecule has 1 atom stereocenters. The number of benzene rings is 2. The van der Waals surface area contributed by atoms with Crippen LogP contribution in [0.3, 0.4) is 0 Å². The van der Waals surface area contributed by atoms with E-state index in [1.807, 2.05) is 12.1 Å². The molecule has 0 radical (unpaired) electrons. The zero-order chi connectivity index (χ0) is 13.4. The van der Waals surface area contributed by atoms with Gasteiger partial charge in [-0.1, -0.05) is 24.3 Å². The normalized spacial score (nSPS) is 15.9. The molecule has 0 spiro atoms. The van der Waals surface area contributed by atoms with Crippen molar-refractivity contribution < 1.29 is 13.9 Å². The largest absolute Gasteiger partial charge is 0.477 e. The molecule has 1 aliphatic rings. The van der Waals surface area contributed by atoms with Crippen LogP contribution in [0.5, 0.6) is 5.75 Å². The Morgan fingerprint density at radius 2 is 2.00 bits per heavy atom. The zero-order valence-electron chi connectivity index (χ0n) is 9.89. The van der Waals surface area contributed by atoms with E-state index in [1.54, 1.807) is 12.1 Å². The summed E-state index contributed by atoms with van der Waals surface area (Å²) in [6.45, 7) is 0. The van der Waals surface area contributed by atoms with Crippen LogP contribution in [0.1, 0.15) is 11.7 Å². The van der Waals surface area contributed by atoms with Crippen molar-refractivity contribution in [2.24, 2.45) is 0 Å². The van der Waals surface area contributed by atoms with Crippen LogP contribution in [-0.4, -0.2) is 12.0 Å². The van der Waals surface area contributed by atoms with Crippen molar-refractivity contribution in [3.8, 4) is 16.9 Å². The Labute approximate surface area is 109 Å². The number of hydrogen-bond donors (Lipinski definition) is 1. The number of halogens is 1. The maximum atomic E-state index is 13.4. The van der Waals surface area contributed by atoms with E-state index in [-0.39, 0.29) is 5.82 Å². The Balaban J connectivity index is 2.23. The molecule has 2 aromatic rings. The first kappa shape index (κ1) is 11.6. The van der Waals surface area contributed by atoms with Crippen LogP contribution < -0.4 is 4.74 Å². The Hall–Kier alpha value is -2.49. The molecule has 19 heavy (non-hydrogen) atoms. The molecule has 0 bridgehead atoms. The number of ether oxygens (including phenoxy) is 1. The average Bonchev–Trinajstić information content (AvgIpc) is 2.46. The number of carbonyl (C=O) groups excluding carboxylic acids is 1. The lowest BCUT2D eigenvalue weighted by Crippen LogP contribution is -2.23. The molecule has 1 unspecified atom stereocenters. The number of ketones is 1. The minimum atomic E-state index is -0.827. The third-order valence-corrected chi connectivity index (χ3v) is 3.12. The standard InChI is InChI=1S/C15H10FNO2/c16-9-5-6-14-12(7-9)10-3-1-2-4-11(10)15(19-14)13(18)8-17/h1-8,15,17H. The maximum Gasteiger partial charge on any atom is 0.218 e. The molecular weight excluding hydrogens is 245 g/mol. The summed E-state index contributed by atoms with van der Waals surface area (Å²) in [5.41, 5.74) is 2.06. The molecule has 0 aliphatic carbocycles. The molecule has 3 nitrogen and oxygen atoms in total. The van der Waals surface area contributed by atoms with Crippen molar-refractivity contribution in [3.05, 3.63) is 53.8 Å². The van der Waals surface area contributed by atoms with Crippen molar-refractivity contribution in [2.45, 2.75) is 6.10 Å². The van der Waals surface area contributed by atoms with Crippen molar-refractivity contribution >= 4 is 12.0 Å². The molecule has 4 heteroatoms. The van der Waals surface area contributed by atoms with E-state index in [1.165, 1.54) is 18.2 Å². The van der Waals surface area contributed by atoms with Gasteiger partial charge in [0.15, 0.2) is 6.10 Å². The van der Waals surface area contributed by atoms with Crippen LogP contribution in [0.4, 0.5) is 4.39 Å². The minimum Gasteiger partial charge on any atom is -0.477 e. The minimum absolute atomic E-state index is 0.353. The molecule has 94 valence electrons. The van der Waals surface area contributed by atoms with E-state index in [0.29, 0.717) is 16.9 Å². The average molecular weight is 255 g/mol. The highest BCUT2D eigenvalue weighted by atomic mass is 19.1. The number of rotatable bonds is 2. The van der Waals surface area contributed by atoms with E-state index < -0.39 is 11.9 Å². The van der Waals surface area contributed by atoms with Gasteiger partial charge in [0.1, 0.15) is 11.6 Å². The summed E-state index contributed by atoms with van der Waals surface area (Å²) in [6.07, 6.45) is -0.0812. The lowest BCUT2D eigenvalue weighted by atomic mass is 9.91. The highest BCUT2D eigenvalue weighted by Gasteiger charge is 2.30. The number of nitrogens with one attached hydrogen (secondary N) is 1. The topological polar surface area (TPSA) is 50.2 Å². The van der Waals surface area contributed by atoms with Gasteiger partial charge in [-0.2, -0.15) is 0 Å². The molecule has 0 amide bonds. The van der Waals surface area contributed by atoms with Crippen LogP contribution in [0.25, 0.3) is 11.1 Å². The quantitative estimate of drug-likeness (QED) is 0.838. The van der Waals surface area contributed by atoms with Gasteiger partial charge in [-0.05, 0) is 23.8 Å². The second-order valence-corrected chi connectivity index (χ2v) is 4.27. The number of hydrogen-bond acceptors (Lipinski definition) is 3. The highest BCUT2D eigenvalue weighted by molar-refractivity contribution is 6.28. The molecule has 0 aromatic heterocycles. The molecule has 1 N–H and O–H groups in total. The molecule has 0 fully saturated rings. The summed E-state index contributed by atoms with van der Waals surface area (Å²) < 4.78 is 19.0. The van der Waals surface area contributed by atoms with Gasteiger partial charge in [-0.3, -0.25) is 4.79 Å². The van der Waals surface area contributed by atoms with E-state index in [0.717, 1.165) is 11.8 Å². The molecule has 1 aliphatic heterocycles. The highest BCUT2D eigenvalue weighted by Crippen LogP contribution is 2.42. The predicted octanol–water partition coefficient (Wildman–Crippen LogP) is 3.14. The summed E-state index contributed by atoms with van der Waals surface area (Å²) in [7, 11) is 0. The van der Waals surface area contributed by atoms with Crippen LogP contribution in [0.2, 0.25) is 0 Å². The number of Topliss-reactive ketones (excluding diaryl/α,β-unsaturated/α-hetero) is 1. The van der Waals surface area contributed by atoms with Crippen LogP contribution in [-0.2, 0) is 4.79 Å². The number of fused-ring (bicyclic) bond motifs is 3. The zero-order valence-corrected chi connectivity index (χ0v) is 9.89. The monoisotopic (exact) mass is 255 g/mol. The molecule has 2 aromatic carbocycles. The van der Waals surface area contributed by atoms with Gasteiger partial charge in [0.25, 0.3) is 0 Å². The van der Waals surface area contributed by atoms with E-state index in [4.69, 9.17) is 10.1 Å². The first-order valence-electron chi connectivity index (χ1n) is 5.80. The first-order valence-corrected chi connectivity index (χ1v) is 5.80. The second kappa shape index (κ2) is 4.31. The van der Waals surface area contributed by atoms with Gasteiger partial charge in [0.2, 0.25) is 5.78 Å². The van der Waals surface area contributed by atoms with E-state index >= 15 is 0 Å². The van der Waals surface area contributed by atoms with Crippen LogP contribution in [0, 0.1) is 11.2 Å². The van der Waals surface area contributed by atoms with Crippen molar-refractivity contribution in [3.63, 3.8) is 0 Å². The van der Waals surface area contributed by atoms with E-state index in [9.17, 15) is 9.18 Å². The van der Waals surface area contributed by atoms with Gasteiger partial charge < -0.3 is 10.1 Å². The van der Waals surface area contributed by atoms with Gasteiger partial charge >= 0.3 is 0 Å². The summed E-state index contributed by atoms with van der Waals surface area (Å²) in [4.78, 5) is 11.8. The summed E-state index contributed by atoms with van der Waals surface area (Å²) in [5.74, 6) is -0.322. The molecule has 0 saturated heterocycles. The first-order chi connectivity index (χ1) is 9.20. The maximum absolute atomic E-state index is 13.4. The smallest absolute Gasteiger partial charge is 0.218 e. The van der Waals surface area contributed by atoms with Crippen molar-refractivity contribution in [1.29, 1.82) is 5.41 Å². The Morgan fingerprint density at radius 3 is 2.79 bits per heavy atom. The SMILES string of the molecule is N=CC(=O)C1Oc2ccc(F)cc2-c2ccccc21. The molecule has 0 saturated carbocycles. The van der Waals surface area contributed by atoms with Crippen LogP contribution >= 0.6 is 0 Å². The lowest BCUT2D eigenvalue weighted by Gasteiger charge is -2.26. The molecule has 1 heterocycles. The summed E-state index contributed by atoms with van der Waals surface area (Å²) in [5, 5.41) is 7.09. The van der Waals surface area contributed by atoms with Crippen LogP contribution in [0.15, 0.2) is 42.5 Å². The fraction of sp³-hybridized carbons (Fsp3) is 0.0667. The predicted molar refractivity (Wildman–Crippen MR) is 69.0 cm³/mol. The van der Waals surface area contributed by atoms with Gasteiger partial charge in [0, 0.05) is 11.1 Å². The fourth-order valence-electron chi connectivity index (χ4n) is 2.26. The molecular formula is C15H10FNO2. The van der Waals surface area contributed by atoms with Crippen molar-refractivity contribution in [2.75, 3.05) is 0 Å². The van der Waals surface area contributed by atoms with Gasteiger partial charge in [-0.15, -0.1) is 0 Å². The lowest BCUT2D eigenvalue weighted by molar-refractivity contribution is -0.119. The summed E-state index contributed by atoms with van der Waals surface area (Å²) >= 11 is 0. The van der Waals surface area contributed by atoms with Crippen molar-refractivity contribution in [1.82, 2.24) is 0 Å². The summed E-state index contributed by atoms with van der Waals surface area (Å²) in [6, 6.07) is 11.4. The van der Waals surface area contributed by atoms with E-state index in [2.05, 4.69) is 0 Å². The third-order valence-electron chi connectivity index (χ3n) is 3.12. The van der Waals surface area contributed by atoms with Gasteiger partial charge in [0.05, 0.1) is 6.21 Å². The second-order valence-electron chi connectivity index (χ2n) is 4.27. The Bertz CT molecular complexity index is 682.